The minimum atomic E-state index is -1.59. The number of nitrogens with one attached hydrogen (secondary N) is 4. The zero-order valence-corrected chi connectivity index (χ0v) is 36.3. The summed E-state index contributed by atoms with van der Waals surface area (Å²) in [5.74, 6) is -5.51. The second-order valence-corrected chi connectivity index (χ2v) is 13.8. The van der Waals surface area contributed by atoms with Crippen LogP contribution in [0.15, 0.2) is 0 Å². The van der Waals surface area contributed by atoms with Gasteiger partial charge in [0.1, 0.15) is 37.6 Å². The number of nitrogens with two attached hydrogens (primary N) is 1. The molecule has 5 unspecified atom stereocenters. The average Bonchev–Trinajstić information content (AvgIpc) is 3.13. The highest BCUT2D eigenvalue weighted by atomic mass is 16.8. The quantitative estimate of drug-likeness (QED) is 0.0185. The molecular formula is C37H64N6O18. The van der Waals surface area contributed by atoms with Crippen LogP contribution in [-0.2, 0) is 85.9 Å². The van der Waals surface area contributed by atoms with Crippen molar-refractivity contribution in [2.75, 3.05) is 52.5 Å². The second-order valence-electron chi connectivity index (χ2n) is 13.8. The smallest absolute Gasteiger partial charge is 0.304 e. The molecule has 1 rings (SSSR count). The monoisotopic (exact) mass is 880 g/mol. The van der Waals surface area contributed by atoms with Gasteiger partial charge in [0.25, 0.3) is 0 Å². The summed E-state index contributed by atoms with van der Waals surface area (Å²) in [6, 6.07) is -1.22. The number of esters is 6. The molecule has 1 heterocycles. The van der Waals surface area contributed by atoms with E-state index < -0.39 is 116 Å². The first-order valence-corrected chi connectivity index (χ1v) is 19.8. The maximum Gasteiger partial charge on any atom is 0.304 e. The highest BCUT2D eigenvalue weighted by molar-refractivity contribution is 5.74. The summed E-state index contributed by atoms with van der Waals surface area (Å²) in [6.45, 7) is 12.0. The predicted octanol–water partition coefficient (Wildman–Crippen LogP) is -1.63. The van der Waals surface area contributed by atoms with Crippen molar-refractivity contribution in [3.8, 4) is 0 Å². The largest absolute Gasteiger partial charge is 0.463 e. The van der Waals surface area contributed by atoms with E-state index in [-0.39, 0.29) is 26.1 Å². The molecule has 1 saturated heterocycles. The van der Waals surface area contributed by atoms with Gasteiger partial charge in [0, 0.05) is 75.0 Å². The molecule has 0 saturated carbocycles. The van der Waals surface area contributed by atoms with E-state index in [4.69, 9.17) is 53.3 Å². The summed E-state index contributed by atoms with van der Waals surface area (Å²) in [5.41, 5.74) is 8.35. The topological polar surface area (TPSA) is 306 Å². The van der Waals surface area contributed by atoms with Crippen LogP contribution in [0.5, 0.6) is 0 Å². The van der Waals surface area contributed by atoms with Crippen molar-refractivity contribution in [3.63, 3.8) is 0 Å². The van der Waals surface area contributed by atoms with Gasteiger partial charge in [0.05, 0.1) is 0 Å². The van der Waals surface area contributed by atoms with Crippen molar-refractivity contribution < 1.29 is 85.9 Å². The van der Waals surface area contributed by atoms with E-state index in [1.807, 2.05) is 0 Å². The van der Waals surface area contributed by atoms with Gasteiger partial charge in [-0.15, -0.1) is 0 Å². The van der Waals surface area contributed by atoms with Crippen LogP contribution in [0.1, 0.15) is 81.6 Å². The molecule has 1 aliphatic rings. The molecule has 9 atom stereocenters. The van der Waals surface area contributed by atoms with Crippen LogP contribution in [0.25, 0.3) is 0 Å². The van der Waals surface area contributed by atoms with Crippen molar-refractivity contribution in [1.29, 1.82) is 0 Å². The molecular weight excluding hydrogens is 816 g/mol. The highest BCUT2D eigenvalue weighted by Crippen LogP contribution is 2.28. The number of carbonyl (C=O) groups excluding carboxylic acids is 8. The fourth-order valence-corrected chi connectivity index (χ4v) is 5.64. The molecule has 0 spiro atoms. The molecule has 350 valence electrons. The Morgan fingerprint density at radius 3 is 1.84 bits per heavy atom. The Morgan fingerprint density at radius 2 is 1.30 bits per heavy atom. The predicted molar refractivity (Wildman–Crippen MR) is 207 cm³/mol. The van der Waals surface area contributed by atoms with Crippen LogP contribution in [0, 0.1) is 0 Å². The van der Waals surface area contributed by atoms with Crippen molar-refractivity contribution in [2.45, 2.75) is 137 Å². The lowest BCUT2D eigenvalue weighted by molar-refractivity contribution is -0.330. The first-order valence-electron chi connectivity index (χ1n) is 19.8. The molecule has 24 heteroatoms. The average molecular weight is 881 g/mol. The third kappa shape index (κ3) is 23.9. The lowest BCUT2D eigenvalue weighted by atomic mass is 9.96. The van der Waals surface area contributed by atoms with E-state index in [1.165, 1.54) is 39.7 Å². The number of hydrogen-bond donors (Lipinski definition) is 5. The summed E-state index contributed by atoms with van der Waals surface area (Å²) in [5, 5.41) is 9.81. The van der Waals surface area contributed by atoms with Gasteiger partial charge in [-0.25, -0.2) is 0 Å². The molecule has 2 amide bonds. The van der Waals surface area contributed by atoms with Gasteiger partial charge in [-0.05, 0) is 45.8 Å². The summed E-state index contributed by atoms with van der Waals surface area (Å²) in [7, 11) is 0. The summed E-state index contributed by atoms with van der Waals surface area (Å²) in [6.07, 6.45) is -9.05. The van der Waals surface area contributed by atoms with Crippen LogP contribution in [-0.4, -0.2) is 161 Å². The Bertz CT molecular complexity index is 1410. The van der Waals surface area contributed by atoms with Crippen molar-refractivity contribution >= 4 is 47.6 Å². The standard InChI is InChI=1S/C37H64N6O18/c1-21(54-26(6)48)30(19-52-24(4)46)58-37(35(42-23(3)45)57-29(9)51)61-43(17-11-15-39-14-10-13-38)18-12-16-40-60-36-32(41-22(2)44)34(56-28(8)50)33(55-27(7)49)31(59-36)20-53-25(5)47/h21,30-37,39-40H,10-20,38H2,1-9H3,(H,41,44)(H,42,45)/t21-,30?,31?,32?,33+,34?,35?,36+,37+/m1/s1. The fourth-order valence-electron chi connectivity index (χ4n) is 5.64. The minimum Gasteiger partial charge on any atom is -0.463 e. The number of hydrogen-bond acceptors (Lipinski definition) is 22. The molecule has 1 aliphatic heterocycles. The van der Waals surface area contributed by atoms with Crippen molar-refractivity contribution in [2.24, 2.45) is 5.73 Å². The molecule has 1 fully saturated rings. The van der Waals surface area contributed by atoms with Crippen LogP contribution in [0.2, 0.25) is 0 Å². The van der Waals surface area contributed by atoms with Crippen molar-refractivity contribution in [3.05, 3.63) is 0 Å². The Hall–Kier alpha value is -4.56. The second kappa shape index (κ2) is 29.7. The Kier molecular flexibility index (Phi) is 26.5. The van der Waals surface area contributed by atoms with Gasteiger partial charge < -0.3 is 59.6 Å². The fraction of sp³-hybridized carbons (Fsp3) is 0.784. The molecule has 61 heavy (non-hydrogen) atoms. The van der Waals surface area contributed by atoms with E-state index in [0.29, 0.717) is 26.1 Å². The van der Waals surface area contributed by atoms with Crippen LogP contribution < -0.4 is 27.2 Å². The zero-order valence-electron chi connectivity index (χ0n) is 36.3. The van der Waals surface area contributed by atoms with E-state index in [0.717, 1.165) is 34.1 Å². The number of carbonyl (C=O) groups is 8. The first-order chi connectivity index (χ1) is 28.7. The third-order valence-electron chi connectivity index (χ3n) is 8.05. The molecule has 0 aromatic rings. The number of amides is 2. The van der Waals surface area contributed by atoms with Crippen LogP contribution >= 0.6 is 0 Å². The molecule has 0 aromatic heterocycles. The van der Waals surface area contributed by atoms with E-state index in [1.54, 1.807) is 0 Å². The van der Waals surface area contributed by atoms with Gasteiger partial charge >= 0.3 is 35.8 Å². The molecule has 0 aromatic carbocycles. The van der Waals surface area contributed by atoms with E-state index in [2.05, 4.69) is 21.4 Å². The molecule has 6 N–H and O–H groups in total. The lowest BCUT2D eigenvalue weighted by Gasteiger charge is -2.44. The molecule has 0 aliphatic carbocycles. The lowest BCUT2D eigenvalue weighted by Crippen LogP contribution is -2.67. The molecule has 24 nitrogen and oxygen atoms in total. The Balaban J connectivity index is 3.41. The third-order valence-corrected chi connectivity index (χ3v) is 8.05. The highest BCUT2D eigenvalue weighted by Gasteiger charge is 2.51. The van der Waals surface area contributed by atoms with Gasteiger partial charge in [-0.2, -0.15) is 10.5 Å². The minimum absolute atomic E-state index is 0.0740. The van der Waals surface area contributed by atoms with E-state index >= 15 is 0 Å². The van der Waals surface area contributed by atoms with Gasteiger partial charge in [0.15, 0.2) is 12.2 Å². The summed E-state index contributed by atoms with van der Waals surface area (Å²) < 4.78 is 44.0. The van der Waals surface area contributed by atoms with Crippen molar-refractivity contribution in [1.82, 2.24) is 26.5 Å². The van der Waals surface area contributed by atoms with Gasteiger partial charge in [-0.1, -0.05) is 0 Å². The number of ether oxygens (including phenoxy) is 8. The number of rotatable bonds is 29. The molecule has 0 radical (unpaired) electrons. The summed E-state index contributed by atoms with van der Waals surface area (Å²) in [4.78, 5) is 108. The summed E-state index contributed by atoms with van der Waals surface area (Å²) >= 11 is 0. The maximum absolute atomic E-state index is 12.3. The first kappa shape index (κ1) is 54.5. The Labute approximate surface area is 355 Å². The van der Waals surface area contributed by atoms with E-state index in [9.17, 15) is 38.4 Å². The maximum atomic E-state index is 12.3. The SMILES string of the molecule is CC(=O)NC(OC(C)=O)[C@@H](OC(COC(C)=O)[C@@H](C)OC(C)=O)ON(CCCNCCCN)CCCNO[C@@H]1OC(COC(C)=O)[C@H](OC(C)=O)C(OC(C)=O)C1NC(C)=O. The molecule has 0 bridgehead atoms. The van der Waals surface area contributed by atoms with Gasteiger partial charge in [-0.3, -0.25) is 48.0 Å². The Morgan fingerprint density at radius 1 is 0.705 bits per heavy atom. The number of nitrogens with zero attached hydrogens (tertiary/aromatic N) is 1. The number of hydroxylamine groups is 3. The zero-order chi connectivity index (χ0) is 46.1. The van der Waals surface area contributed by atoms with Crippen LogP contribution in [0.3, 0.4) is 0 Å². The van der Waals surface area contributed by atoms with Gasteiger partial charge in [0.2, 0.25) is 30.6 Å². The van der Waals surface area contributed by atoms with Crippen LogP contribution in [0.4, 0.5) is 0 Å². The normalized spacial score (nSPS) is 20.5.